The van der Waals surface area contributed by atoms with E-state index in [9.17, 15) is 9.59 Å². The lowest BCUT2D eigenvalue weighted by Gasteiger charge is -2.12. The normalized spacial score (nSPS) is 12.0. The van der Waals surface area contributed by atoms with E-state index in [-0.39, 0.29) is 11.8 Å². The Morgan fingerprint density at radius 1 is 1.36 bits per heavy atom. The van der Waals surface area contributed by atoms with Crippen molar-refractivity contribution in [1.82, 2.24) is 15.3 Å². The van der Waals surface area contributed by atoms with Gasteiger partial charge >= 0.3 is 0 Å². The fourth-order valence-corrected chi connectivity index (χ4v) is 3.06. The van der Waals surface area contributed by atoms with E-state index in [2.05, 4.69) is 20.6 Å². The molecule has 0 aliphatic rings. The third-order valence-electron chi connectivity index (χ3n) is 3.68. The Hall–Kier alpha value is -2.87. The molecule has 1 unspecified atom stereocenters. The number of methoxy groups -OCH3 is 1. The quantitative estimate of drug-likeness (QED) is 0.653. The van der Waals surface area contributed by atoms with Crippen molar-refractivity contribution in [2.45, 2.75) is 19.9 Å². The summed E-state index contributed by atoms with van der Waals surface area (Å²) in [7, 11) is 1.58. The second-order valence-corrected chi connectivity index (χ2v) is 6.80. The molecule has 0 aliphatic heterocycles. The lowest BCUT2D eigenvalue weighted by atomic mass is 10.2. The van der Waals surface area contributed by atoms with Crippen LogP contribution in [0.4, 0.5) is 5.13 Å². The Bertz CT molecular complexity index is 931. The molecule has 1 aromatic carbocycles. The van der Waals surface area contributed by atoms with Crippen molar-refractivity contribution in [2.75, 3.05) is 12.4 Å². The van der Waals surface area contributed by atoms with Crippen LogP contribution in [0.2, 0.25) is 0 Å². The molecule has 0 saturated carbocycles. The first-order valence-corrected chi connectivity index (χ1v) is 8.49. The second kappa shape index (κ2) is 6.94. The number of anilines is 1. The number of amides is 2. The van der Waals surface area contributed by atoms with Crippen molar-refractivity contribution in [3.8, 4) is 5.75 Å². The van der Waals surface area contributed by atoms with Gasteiger partial charge in [-0.15, -0.1) is 11.3 Å². The number of nitrogens with zero attached hydrogens (tertiary/aromatic N) is 1. The van der Waals surface area contributed by atoms with Crippen LogP contribution in [-0.4, -0.2) is 34.9 Å². The zero-order valence-electron chi connectivity index (χ0n) is 14.0. The van der Waals surface area contributed by atoms with Crippen molar-refractivity contribution >= 4 is 39.2 Å². The van der Waals surface area contributed by atoms with Gasteiger partial charge in [0.25, 0.3) is 5.91 Å². The van der Waals surface area contributed by atoms with Crippen LogP contribution in [0.5, 0.6) is 5.75 Å². The summed E-state index contributed by atoms with van der Waals surface area (Å²) in [6, 6.07) is 6.52. The fourth-order valence-electron chi connectivity index (χ4n) is 2.39. The molecule has 0 saturated heterocycles. The van der Waals surface area contributed by atoms with E-state index in [1.165, 1.54) is 11.3 Å². The van der Waals surface area contributed by atoms with Gasteiger partial charge < -0.3 is 20.4 Å². The number of aryl methyl sites for hydroxylation is 1. The molecule has 25 heavy (non-hydrogen) atoms. The molecule has 3 rings (SSSR count). The number of rotatable bonds is 5. The third kappa shape index (κ3) is 3.63. The summed E-state index contributed by atoms with van der Waals surface area (Å²) in [6.45, 7) is 3.53. The summed E-state index contributed by atoms with van der Waals surface area (Å²) in [5.41, 5.74) is 1.16. The Labute approximate surface area is 148 Å². The molecule has 2 heterocycles. The van der Waals surface area contributed by atoms with Crippen LogP contribution in [0.3, 0.4) is 0 Å². The maximum Gasteiger partial charge on any atom is 0.268 e. The first kappa shape index (κ1) is 17.0. The minimum atomic E-state index is -0.704. The largest absolute Gasteiger partial charge is 0.496 e. The molecular weight excluding hydrogens is 340 g/mol. The zero-order valence-corrected chi connectivity index (χ0v) is 14.9. The Morgan fingerprint density at radius 3 is 2.84 bits per heavy atom. The number of carbonyl (C=O) groups is 2. The number of hydrogen-bond donors (Lipinski definition) is 3. The molecule has 0 aliphatic carbocycles. The standard InChI is InChI=1S/C17H18N4O3S/c1-9-8-18-17(25-9)21-15(22)10(2)19-16(23)13-7-11-12(20-13)5-4-6-14(11)24-3/h4-8,10,20H,1-3H3,(H,19,23)(H,18,21,22). The number of benzene rings is 1. The minimum Gasteiger partial charge on any atom is -0.496 e. The summed E-state index contributed by atoms with van der Waals surface area (Å²) in [6.07, 6.45) is 1.68. The maximum atomic E-state index is 12.4. The number of aromatic amines is 1. The number of thiazole rings is 1. The van der Waals surface area contributed by atoms with Crippen LogP contribution in [0.25, 0.3) is 10.9 Å². The summed E-state index contributed by atoms with van der Waals surface area (Å²) in [5, 5.41) is 6.69. The number of nitrogens with one attached hydrogen (secondary N) is 3. The van der Waals surface area contributed by atoms with E-state index in [1.54, 1.807) is 26.3 Å². The van der Waals surface area contributed by atoms with Crippen LogP contribution in [0, 0.1) is 6.92 Å². The van der Waals surface area contributed by atoms with Gasteiger partial charge in [0.15, 0.2) is 5.13 Å². The van der Waals surface area contributed by atoms with Crippen molar-refractivity contribution in [1.29, 1.82) is 0 Å². The fraction of sp³-hybridized carbons (Fsp3) is 0.235. The van der Waals surface area contributed by atoms with Gasteiger partial charge in [0.2, 0.25) is 5.91 Å². The van der Waals surface area contributed by atoms with Gasteiger partial charge in [-0.05, 0) is 32.0 Å². The van der Waals surface area contributed by atoms with Gasteiger partial charge in [-0.25, -0.2) is 4.98 Å². The second-order valence-electron chi connectivity index (χ2n) is 5.56. The number of aromatic nitrogens is 2. The molecule has 8 heteroatoms. The highest BCUT2D eigenvalue weighted by Crippen LogP contribution is 2.26. The lowest BCUT2D eigenvalue weighted by Crippen LogP contribution is -2.41. The number of ether oxygens (including phenoxy) is 1. The number of carbonyl (C=O) groups excluding carboxylic acids is 2. The Balaban J connectivity index is 1.70. The molecule has 0 fully saturated rings. The summed E-state index contributed by atoms with van der Waals surface area (Å²) in [4.78, 5) is 32.7. The number of hydrogen-bond acceptors (Lipinski definition) is 5. The SMILES string of the molecule is COc1cccc2[nH]c(C(=O)NC(C)C(=O)Nc3ncc(C)s3)cc12. The van der Waals surface area contributed by atoms with E-state index >= 15 is 0 Å². The van der Waals surface area contributed by atoms with Crippen molar-refractivity contribution in [3.63, 3.8) is 0 Å². The predicted octanol–water partition coefficient (Wildman–Crippen LogP) is 2.70. The average Bonchev–Trinajstić information content (AvgIpc) is 3.20. The van der Waals surface area contributed by atoms with Crippen LogP contribution in [0.1, 0.15) is 22.3 Å². The van der Waals surface area contributed by atoms with Crippen LogP contribution < -0.4 is 15.4 Å². The van der Waals surface area contributed by atoms with Crippen molar-refractivity contribution in [3.05, 3.63) is 41.0 Å². The number of H-pyrrole nitrogens is 1. The smallest absolute Gasteiger partial charge is 0.268 e. The minimum absolute atomic E-state index is 0.323. The lowest BCUT2D eigenvalue weighted by molar-refractivity contribution is -0.117. The molecule has 130 valence electrons. The van der Waals surface area contributed by atoms with Gasteiger partial charge in [0.05, 0.1) is 7.11 Å². The molecule has 0 radical (unpaired) electrons. The van der Waals surface area contributed by atoms with Gasteiger partial charge in [0.1, 0.15) is 17.5 Å². The van der Waals surface area contributed by atoms with Gasteiger partial charge in [-0.3, -0.25) is 9.59 Å². The molecule has 1 atom stereocenters. The molecule has 7 nitrogen and oxygen atoms in total. The zero-order chi connectivity index (χ0) is 18.0. The highest BCUT2D eigenvalue weighted by atomic mass is 32.1. The van der Waals surface area contributed by atoms with Crippen LogP contribution in [-0.2, 0) is 4.79 Å². The van der Waals surface area contributed by atoms with E-state index in [0.29, 0.717) is 16.6 Å². The van der Waals surface area contributed by atoms with Gasteiger partial charge in [-0.2, -0.15) is 0 Å². The van der Waals surface area contributed by atoms with Crippen LogP contribution >= 0.6 is 11.3 Å². The average molecular weight is 358 g/mol. The molecule has 0 bridgehead atoms. The monoisotopic (exact) mass is 358 g/mol. The molecular formula is C17H18N4O3S. The Kier molecular flexibility index (Phi) is 4.71. The summed E-state index contributed by atoms with van der Waals surface area (Å²) < 4.78 is 5.29. The van der Waals surface area contributed by atoms with E-state index < -0.39 is 6.04 Å². The molecule has 2 amide bonds. The predicted molar refractivity (Wildman–Crippen MR) is 97.3 cm³/mol. The van der Waals surface area contributed by atoms with E-state index in [0.717, 1.165) is 15.8 Å². The molecule has 3 N–H and O–H groups in total. The van der Waals surface area contributed by atoms with Crippen molar-refractivity contribution < 1.29 is 14.3 Å². The highest BCUT2D eigenvalue weighted by molar-refractivity contribution is 7.15. The van der Waals surface area contributed by atoms with Gasteiger partial charge in [-0.1, -0.05) is 6.07 Å². The van der Waals surface area contributed by atoms with Crippen molar-refractivity contribution in [2.24, 2.45) is 0 Å². The maximum absolute atomic E-state index is 12.4. The molecule has 3 aromatic rings. The first-order chi connectivity index (χ1) is 12.0. The summed E-state index contributed by atoms with van der Waals surface area (Å²) >= 11 is 1.38. The Morgan fingerprint density at radius 2 is 2.16 bits per heavy atom. The topological polar surface area (TPSA) is 96.1 Å². The van der Waals surface area contributed by atoms with Crippen LogP contribution in [0.15, 0.2) is 30.5 Å². The summed E-state index contributed by atoms with van der Waals surface area (Å²) in [5.74, 6) is -0.00894. The molecule has 2 aromatic heterocycles. The third-order valence-corrected chi connectivity index (χ3v) is 4.51. The van der Waals surface area contributed by atoms with E-state index in [4.69, 9.17) is 4.74 Å². The van der Waals surface area contributed by atoms with Gasteiger partial charge in [0, 0.05) is 22.0 Å². The molecule has 0 spiro atoms. The van der Waals surface area contributed by atoms with E-state index in [1.807, 2.05) is 25.1 Å². The highest BCUT2D eigenvalue weighted by Gasteiger charge is 2.19. The number of fused-ring (bicyclic) bond motifs is 1. The first-order valence-electron chi connectivity index (χ1n) is 7.68.